The van der Waals surface area contributed by atoms with Gasteiger partial charge in [-0.25, -0.2) is 0 Å². The molecular weight excluding hydrogens is 356 g/mol. The maximum atomic E-state index is 12.0. The zero-order chi connectivity index (χ0) is 20.5. The molecule has 0 bridgehead atoms. The van der Waals surface area contributed by atoms with E-state index in [1.807, 2.05) is 24.3 Å². The fourth-order valence-electron chi connectivity index (χ4n) is 3.73. The van der Waals surface area contributed by atoms with Crippen molar-refractivity contribution >= 4 is 5.97 Å². The van der Waals surface area contributed by atoms with Gasteiger partial charge in [-0.3, -0.25) is 4.79 Å². The van der Waals surface area contributed by atoms with E-state index in [0.29, 0.717) is 11.7 Å². The molecule has 1 aliphatic carbocycles. The van der Waals surface area contributed by atoms with Crippen molar-refractivity contribution in [2.24, 2.45) is 11.8 Å². The van der Waals surface area contributed by atoms with Gasteiger partial charge in [0.05, 0.1) is 5.92 Å². The Labute approximate surface area is 175 Å². The van der Waals surface area contributed by atoms with Crippen LogP contribution in [-0.4, -0.2) is 5.97 Å². The summed E-state index contributed by atoms with van der Waals surface area (Å²) in [6, 6.07) is 16.0. The van der Waals surface area contributed by atoms with Gasteiger partial charge in [0.25, 0.3) is 0 Å². The second kappa shape index (κ2) is 10.9. The molecular formula is C27H32O2. The number of carbonyl (C=O) groups is 1. The maximum Gasteiger partial charge on any atom is 0.314 e. The smallest absolute Gasteiger partial charge is 0.314 e. The van der Waals surface area contributed by atoms with Crippen molar-refractivity contribution in [1.29, 1.82) is 0 Å². The Morgan fingerprint density at radius 2 is 1.48 bits per heavy atom. The summed E-state index contributed by atoms with van der Waals surface area (Å²) in [5.74, 6) is 7.62. The van der Waals surface area contributed by atoms with Gasteiger partial charge < -0.3 is 4.74 Å². The number of benzene rings is 2. The molecule has 0 N–H and O–H groups in total. The Hall–Kier alpha value is -2.53. The van der Waals surface area contributed by atoms with Gasteiger partial charge in [-0.1, -0.05) is 63.5 Å². The summed E-state index contributed by atoms with van der Waals surface area (Å²) in [7, 11) is 0. The summed E-state index contributed by atoms with van der Waals surface area (Å²) in [6.07, 6.45) is 9.61. The Morgan fingerprint density at radius 1 is 0.897 bits per heavy atom. The summed E-state index contributed by atoms with van der Waals surface area (Å²) in [6.45, 7) is 4.42. The minimum absolute atomic E-state index is 0.0729. The van der Waals surface area contributed by atoms with Gasteiger partial charge in [0.2, 0.25) is 0 Å². The monoisotopic (exact) mass is 388 g/mol. The maximum absolute atomic E-state index is 12.0. The van der Waals surface area contributed by atoms with E-state index in [0.717, 1.165) is 30.4 Å². The van der Waals surface area contributed by atoms with E-state index >= 15 is 0 Å². The Bertz CT molecular complexity index is 831. The lowest BCUT2D eigenvalue weighted by Gasteiger charge is -2.30. The van der Waals surface area contributed by atoms with E-state index in [1.54, 1.807) is 0 Å². The minimum atomic E-state index is -0.104. The SMILES string of the molecule is CCCCCCCc1ccc(C#Cc2ccc(OC(=O)C3CC(C)C3)cc2)cc1. The number of aryl methyl sites for hydroxylation is 1. The summed E-state index contributed by atoms with van der Waals surface area (Å²) in [5, 5.41) is 0. The third-order valence-electron chi connectivity index (χ3n) is 5.65. The highest BCUT2D eigenvalue weighted by atomic mass is 16.5. The molecule has 152 valence electrons. The number of ether oxygens (including phenoxy) is 1. The number of unbranched alkanes of at least 4 members (excludes halogenated alkanes) is 4. The molecule has 0 heterocycles. The van der Waals surface area contributed by atoms with Crippen LogP contribution < -0.4 is 4.74 Å². The predicted molar refractivity (Wildman–Crippen MR) is 119 cm³/mol. The number of hydrogen-bond donors (Lipinski definition) is 0. The molecule has 1 saturated carbocycles. The predicted octanol–water partition coefficient (Wildman–Crippen LogP) is 6.55. The van der Waals surface area contributed by atoms with Crippen LogP contribution in [0.5, 0.6) is 5.75 Å². The lowest BCUT2D eigenvalue weighted by atomic mass is 9.76. The van der Waals surface area contributed by atoms with Crippen LogP contribution >= 0.6 is 0 Å². The van der Waals surface area contributed by atoms with Crippen LogP contribution in [0.25, 0.3) is 0 Å². The van der Waals surface area contributed by atoms with E-state index in [-0.39, 0.29) is 11.9 Å². The number of rotatable bonds is 8. The first-order valence-electron chi connectivity index (χ1n) is 11.1. The van der Waals surface area contributed by atoms with Gasteiger partial charge in [0, 0.05) is 11.1 Å². The van der Waals surface area contributed by atoms with E-state index in [1.165, 1.54) is 37.7 Å². The normalized spacial score (nSPS) is 17.7. The van der Waals surface area contributed by atoms with Crippen molar-refractivity contribution in [2.75, 3.05) is 0 Å². The molecule has 1 fully saturated rings. The molecule has 2 heteroatoms. The largest absolute Gasteiger partial charge is 0.426 e. The second-order valence-corrected chi connectivity index (χ2v) is 8.33. The van der Waals surface area contributed by atoms with Crippen molar-refractivity contribution in [1.82, 2.24) is 0 Å². The summed E-state index contributed by atoms with van der Waals surface area (Å²) in [4.78, 5) is 12.0. The first-order valence-corrected chi connectivity index (χ1v) is 11.1. The molecule has 2 nitrogen and oxygen atoms in total. The van der Waals surface area contributed by atoms with Crippen molar-refractivity contribution < 1.29 is 9.53 Å². The Balaban J connectivity index is 1.47. The lowest BCUT2D eigenvalue weighted by Crippen LogP contribution is -2.31. The Kier molecular flexibility index (Phi) is 7.94. The molecule has 0 unspecified atom stereocenters. The molecule has 2 aromatic rings. The van der Waals surface area contributed by atoms with E-state index in [4.69, 9.17) is 4.74 Å². The van der Waals surface area contributed by atoms with Crippen LogP contribution in [0.15, 0.2) is 48.5 Å². The van der Waals surface area contributed by atoms with E-state index in [2.05, 4.69) is 50.0 Å². The van der Waals surface area contributed by atoms with Gasteiger partial charge >= 0.3 is 5.97 Å². The molecule has 29 heavy (non-hydrogen) atoms. The molecule has 0 spiro atoms. The molecule has 0 saturated heterocycles. The molecule has 0 radical (unpaired) electrons. The second-order valence-electron chi connectivity index (χ2n) is 8.33. The molecule has 2 aromatic carbocycles. The topological polar surface area (TPSA) is 26.3 Å². The standard InChI is InChI=1S/C27H32O2/c1-3-4-5-6-7-8-22-9-11-23(12-10-22)13-14-24-15-17-26(18-16-24)29-27(28)25-19-21(2)20-25/h9-12,15-18,21,25H,3-8,19-20H2,1-2H3. The first-order chi connectivity index (χ1) is 14.1. The third kappa shape index (κ3) is 6.79. The minimum Gasteiger partial charge on any atom is -0.426 e. The molecule has 0 amide bonds. The van der Waals surface area contributed by atoms with Crippen LogP contribution in [0.4, 0.5) is 0 Å². The van der Waals surface area contributed by atoms with Gasteiger partial charge in [-0.2, -0.15) is 0 Å². The lowest BCUT2D eigenvalue weighted by molar-refractivity contribution is -0.143. The van der Waals surface area contributed by atoms with Crippen LogP contribution in [0.1, 0.15) is 75.5 Å². The zero-order valence-electron chi connectivity index (χ0n) is 17.7. The van der Waals surface area contributed by atoms with Gasteiger partial charge in [-0.15, -0.1) is 0 Å². The van der Waals surface area contributed by atoms with Gasteiger partial charge in [0.15, 0.2) is 0 Å². The molecule has 0 atom stereocenters. The summed E-state index contributed by atoms with van der Waals surface area (Å²) in [5.41, 5.74) is 3.33. The fraction of sp³-hybridized carbons (Fsp3) is 0.444. The molecule has 1 aliphatic rings. The number of hydrogen-bond acceptors (Lipinski definition) is 2. The average molecular weight is 389 g/mol. The Morgan fingerprint density at radius 3 is 2.07 bits per heavy atom. The van der Waals surface area contributed by atoms with Gasteiger partial charge in [0.1, 0.15) is 5.75 Å². The highest BCUT2D eigenvalue weighted by Crippen LogP contribution is 2.34. The highest BCUT2D eigenvalue weighted by Gasteiger charge is 2.32. The van der Waals surface area contributed by atoms with Gasteiger partial charge in [-0.05, 0) is 73.6 Å². The van der Waals surface area contributed by atoms with Crippen molar-refractivity contribution in [3.05, 3.63) is 65.2 Å². The van der Waals surface area contributed by atoms with Crippen molar-refractivity contribution in [3.63, 3.8) is 0 Å². The molecule has 0 aliphatic heterocycles. The van der Waals surface area contributed by atoms with E-state index < -0.39 is 0 Å². The third-order valence-corrected chi connectivity index (χ3v) is 5.65. The van der Waals surface area contributed by atoms with Crippen molar-refractivity contribution in [2.45, 2.75) is 65.2 Å². The van der Waals surface area contributed by atoms with Crippen LogP contribution in [-0.2, 0) is 11.2 Å². The summed E-state index contributed by atoms with van der Waals surface area (Å²) >= 11 is 0. The summed E-state index contributed by atoms with van der Waals surface area (Å²) < 4.78 is 5.46. The highest BCUT2D eigenvalue weighted by molar-refractivity contribution is 5.76. The quantitative estimate of drug-likeness (QED) is 0.222. The number of carbonyl (C=O) groups excluding carboxylic acids is 1. The molecule has 0 aromatic heterocycles. The number of esters is 1. The van der Waals surface area contributed by atoms with Crippen molar-refractivity contribution in [3.8, 4) is 17.6 Å². The average Bonchev–Trinajstić information content (AvgIpc) is 2.71. The zero-order valence-corrected chi connectivity index (χ0v) is 17.7. The van der Waals surface area contributed by atoms with Crippen LogP contribution in [0.2, 0.25) is 0 Å². The first kappa shape index (κ1) is 21.2. The van der Waals surface area contributed by atoms with Crippen LogP contribution in [0, 0.1) is 23.7 Å². The fourth-order valence-corrected chi connectivity index (χ4v) is 3.73. The molecule has 3 rings (SSSR count). The van der Waals surface area contributed by atoms with E-state index in [9.17, 15) is 4.79 Å². The van der Waals surface area contributed by atoms with Crippen LogP contribution in [0.3, 0.4) is 0 Å².